The van der Waals surface area contributed by atoms with Gasteiger partial charge >= 0.3 is 5.97 Å². The Labute approximate surface area is 81.0 Å². The third-order valence-electron chi connectivity index (χ3n) is 2.47. The van der Waals surface area contributed by atoms with Crippen molar-refractivity contribution in [2.75, 3.05) is 19.0 Å². The average molecular weight is 203 g/mol. The van der Waals surface area contributed by atoms with Gasteiger partial charge in [-0.1, -0.05) is 0 Å². The van der Waals surface area contributed by atoms with E-state index in [0.717, 1.165) is 19.4 Å². The molecule has 0 amide bonds. The van der Waals surface area contributed by atoms with E-state index in [4.69, 9.17) is 9.84 Å². The molecule has 74 valence electrons. The van der Waals surface area contributed by atoms with E-state index in [1.807, 2.05) is 0 Å². The molecule has 2 atom stereocenters. The van der Waals surface area contributed by atoms with E-state index in [9.17, 15) is 4.79 Å². The first-order valence-corrected chi connectivity index (χ1v) is 5.43. The highest BCUT2D eigenvalue weighted by Gasteiger charge is 2.43. The molecule has 2 aliphatic heterocycles. The molecular weight excluding hydrogens is 190 g/mol. The van der Waals surface area contributed by atoms with Gasteiger partial charge in [-0.05, 0) is 12.8 Å². The van der Waals surface area contributed by atoms with Crippen LogP contribution in [0.1, 0.15) is 12.8 Å². The fourth-order valence-corrected chi connectivity index (χ4v) is 3.17. The van der Waals surface area contributed by atoms with E-state index < -0.39 is 12.0 Å². The van der Waals surface area contributed by atoms with Gasteiger partial charge in [-0.3, -0.25) is 10.1 Å². The summed E-state index contributed by atoms with van der Waals surface area (Å²) in [6.07, 6.45) is 2.04. The van der Waals surface area contributed by atoms with Crippen LogP contribution >= 0.6 is 11.8 Å². The van der Waals surface area contributed by atoms with E-state index in [2.05, 4.69) is 5.32 Å². The molecule has 0 aromatic carbocycles. The topological polar surface area (TPSA) is 58.6 Å². The molecule has 2 heterocycles. The fourth-order valence-electron chi connectivity index (χ4n) is 1.77. The predicted octanol–water partition coefficient (Wildman–Crippen LogP) is 0.283. The Kier molecular flexibility index (Phi) is 2.49. The number of nitrogens with one attached hydrogen (secondary N) is 1. The molecule has 1 unspecified atom stereocenters. The van der Waals surface area contributed by atoms with Gasteiger partial charge in [-0.25, -0.2) is 0 Å². The van der Waals surface area contributed by atoms with Crippen LogP contribution in [0.4, 0.5) is 0 Å². The van der Waals surface area contributed by atoms with Gasteiger partial charge in [0, 0.05) is 12.4 Å². The van der Waals surface area contributed by atoms with Crippen LogP contribution in [0, 0.1) is 0 Å². The van der Waals surface area contributed by atoms with Gasteiger partial charge < -0.3 is 9.84 Å². The predicted molar refractivity (Wildman–Crippen MR) is 49.8 cm³/mol. The van der Waals surface area contributed by atoms with Gasteiger partial charge in [0.2, 0.25) is 0 Å². The second kappa shape index (κ2) is 3.48. The third-order valence-corrected chi connectivity index (χ3v) is 3.96. The largest absolute Gasteiger partial charge is 0.480 e. The summed E-state index contributed by atoms with van der Waals surface area (Å²) in [6.45, 7) is 1.45. The Hall–Kier alpha value is -0.260. The molecule has 2 aliphatic rings. The summed E-state index contributed by atoms with van der Waals surface area (Å²) in [6, 6.07) is -0.397. The van der Waals surface area contributed by atoms with Gasteiger partial charge in [0.1, 0.15) is 6.04 Å². The van der Waals surface area contributed by atoms with Crippen molar-refractivity contribution in [3.63, 3.8) is 0 Å². The average Bonchev–Trinajstić information content (AvgIpc) is 2.51. The van der Waals surface area contributed by atoms with E-state index in [0.29, 0.717) is 12.4 Å². The zero-order valence-corrected chi connectivity index (χ0v) is 8.10. The first-order chi connectivity index (χ1) is 6.22. The van der Waals surface area contributed by atoms with Crippen molar-refractivity contribution in [2.24, 2.45) is 0 Å². The maximum atomic E-state index is 10.7. The Morgan fingerprint density at radius 3 is 3.08 bits per heavy atom. The molecule has 2 N–H and O–H groups in total. The number of carboxylic acid groups (broad SMARTS) is 1. The first-order valence-electron chi connectivity index (χ1n) is 4.44. The van der Waals surface area contributed by atoms with Crippen molar-refractivity contribution in [2.45, 2.75) is 23.8 Å². The lowest BCUT2D eigenvalue weighted by atomic mass is 10.1. The van der Waals surface area contributed by atoms with Crippen LogP contribution < -0.4 is 5.32 Å². The molecule has 0 aromatic heterocycles. The number of aliphatic carboxylic acids is 1. The fraction of sp³-hybridized carbons (Fsp3) is 0.875. The summed E-state index contributed by atoms with van der Waals surface area (Å²) in [5.41, 5.74) is 0. The highest BCUT2D eigenvalue weighted by Crippen LogP contribution is 2.36. The zero-order chi connectivity index (χ0) is 9.31. The molecule has 0 aromatic rings. The maximum absolute atomic E-state index is 10.7. The number of carbonyl (C=O) groups is 1. The lowest BCUT2D eigenvalue weighted by Crippen LogP contribution is -2.49. The van der Waals surface area contributed by atoms with Gasteiger partial charge in [-0.15, -0.1) is 11.8 Å². The van der Waals surface area contributed by atoms with E-state index >= 15 is 0 Å². The molecule has 0 aliphatic carbocycles. The minimum atomic E-state index is -0.755. The lowest BCUT2D eigenvalue weighted by Gasteiger charge is -2.32. The molecule has 4 nitrogen and oxygen atoms in total. The molecule has 2 fully saturated rings. The highest BCUT2D eigenvalue weighted by atomic mass is 32.2. The SMILES string of the molecule is O=C(O)[C@H]1CSC2(CCCOC2)N1. The van der Waals surface area contributed by atoms with Crippen LogP contribution in [0.2, 0.25) is 0 Å². The normalized spacial score (nSPS) is 39.5. The second-order valence-electron chi connectivity index (χ2n) is 3.50. The van der Waals surface area contributed by atoms with Gasteiger partial charge in [0.25, 0.3) is 0 Å². The molecule has 5 heteroatoms. The highest BCUT2D eigenvalue weighted by molar-refractivity contribution is 8.01. The maximum Gasteiger partial charge on any atom is 0.321 e. The Balaban J connectivity index is 1.98. The summed E-state index contributed by atoms with van der Waals surface area (Å²) < 4.78 is 5.36. The van der Waals surface area contributed by atoms with Gasteiger partial charge in [0.15, 0.2) is 0 Å². The number of carboxylic acids is 1. The number of thioether (sulfide) groups is 1. The number of hydrogen-bond donors (Lipinski definition) is 2. The van der Waals surface area contributed by atoms with Crippen LogP contribution in [-0.4, -0.2) is 41.0 Å². The zero-order valence-electron chi connectivity index (χ0n) is 7.28. The molecule has 13 heavy (non-hydrogen) atoms. The van der Waals surface area contributed by atoms with Crippen molar-refractivity contribution in [3.05, 3.63) is 0 Å². The molecular formula is C8H13NO3S. The monoisotopic (exact) mass is 203 g/mol. The minimum Gasteiger partial charge on any atom is -0.480 e. The third kappa shape index (κ3) is 1.82. The second-order valence-corrected chi connectivity index (χ2v) is 4.90. The summed E-state index contributed by atoms with van der Waals surface area (Å²) in [5, 5.41) is 12.0. The molecule has 2 saturated heterocycles. The first kappa shape index (κ1) is 9.30. The smallest absolute Gasteiger partial charge is 0.321 e. The quantitative estimate of drug-likeness (QED) is 0.641. The van der Waals surface area contributed by atoms with Crippen LogP contribution in [0.3, 0.4) is 0 Å². The van der Waals surface area contributed by atoms with Crippen LogP contribution in [0.25, 0.3) is 0 Å². The number of hydrogen-bond acceptors (Lipinski definition) is 4. The van der Waals surface area contributed by atoms with Crippen LogP contribution in [0.5, 0.6) is 0 Å². The van der Waals surface area contributed by atoms with Crippen molar-refractivity contribution in [1.82, 2.24) is 5.32 Å². The molecule has 0 saturated carbocycles. The summed E-state index contributed by atoms with van der Waals surface area (Å²) >= 11 is 1.69. The standard InChI is InChI=1S/C8H13NO3S/c10-7(11)6-4-13-8(9-6)2-1-3-12-5-8/h6,9H,1-5H2,(H,10,11)/t6-,8?/m1/s1. The summed E-state index contributed by atoms with van der Waals surface area (Å²) in [7, 11) is 0. The number of rotatable bonds is 1. The van der Waals surface area contributed by atoms with E-state index in [1.165, 1.54) is 0 Å². The van der Waals surface area contributed by atoms with E-state index in [-0.39, 0.29) is 4.87 Å². The van der Waals surface area contributed by atoms with Crippen molar-refractivity contribution in [3.8, 4) is 0 Å². The number of ether oxygens (including phenoxy) is 1. The Morgan fingerprint density at radius 2 is 2.54 bits per heavy atom. The Bertz CT molecular complexity index is 215. The van der Waals surface area contributed by atoms with Crippen LogP contribution in [-0.2, 0) is 9.53 Å². The van der Waals surface area contributed by atoms with Crippen molar-refractivity contribution in [1.29, 1.82) is 0 Å². The molecule has 0 radical (unpaired) electrons. The van der Waals surface area contributed by atoms with Crippen molar-refractivity contribution >= 4 is 17.7 Å². The molecule has 0 bridgehead atoms. The Morgan fingerprint density at radius 1 is 1.69 bits per heavy atom. The van der Waals surface area contributed by atoms with Gasteiger partial charge in [0.05, 0.1) is 11.5 Å². The summed E-state index contributed by atoms with van der Waals surface area (Å²) in [4.78, 5) is 10.6. The minimum absolute atomic E-state index is 0.110. The molecule has 1 spiro atoms. The summed E-state index contributed by atoms with van der Waals surface area (Å²) in [5.74, 6) is -0.103. The molecule has 2 rings (SSSR count). The van der Waals surface area contributed by atoms with E-state index in [1.54, 1.807) is 11.8 Å². The van der Waals surface area contributed by atoms with Gasteiger partial charge in [-0.2, -0.15) is 0 Å². The van der Waals surface area contributed by atoms with Crippen molar-refractivity contribution < 1.29 is 14.6 Å². The lowest BCUT2D eigenvalue weighted by molar-refractivity contribution is -0.139. The van der Waals surface area contributed by atoms with Crippen LogP contribution in [0.15, 0.2) is 0 Å².